The number of likely N-dealkylation sites (tertiary alicyclic amines) is 1. The third kappa shape index (κ3) is 4.55. The van der Waals surface area contributed by atoms with E-state index in [1.165, 1.54) is 36.6 Å². The summed E-state index contributed by atoms with van der Waals surface area (Å²) in [6.07, 6.45) is 7.05. The summed E-state index contributed by atoms with van der Waals surface area (Å²) in [5, 5.41) is 0.808. The number of nitrogens with one attached hydrogen (secondary N) is 1. The highest BCUT2D eigenvalue weighted by atomic mass is 32.1. The maximum atomic E-state index is 15.1. The molecule has 1 aromatic carbocycles. The monoisotopic (exact) mass is 493 g/mol. The average Bonchev–Trinajstić information content (AvgIpc) is 3.52. The van der Waals surface area contributed by atoms with Crippen LogP contribution in [0.15, 0.2) is 30.5 Å². The van der Waals surface area contributed by atoms with Crippen molar-refractivity contribution in [2.75, 3.05) is 44.3 Å². The van der Waals surface area contributed by atoms with Crippen molar-refractivity contribution in [2.45, 2.75) is 39.2 Å². The number of benzene rings is 1. The van der Waals surface area contributed by atoms with Gasteiger partial charge in [-0.1, -0.05) is 19.8 Å². The second-order valence-electron chi connectivity index (χ2n) is 9.77. The number of fused-ring (bicyclic) bond motifs is 2. The molecule has 0 radical (unpaired) electrons. The lowest BCUT2D eigenvalue weighted by molar-refractivity contribution is 0.122. The van der Waals surface area contributed by atoms with Crippen molar-refractivity contribution in [3.63, 3.8) is 0 Å². The third-order valence-corrected chi connectivity index (χ3v) is 8.51. The van der Waals surface area contributed by atoms with E-state index in [0.717, 1.165) is 65.6 Å². The van der Waals surface area contributed by atoms with Crippen molar-refractivity contribution >= 4 is 38.3 Å². The third-order valence-electron chi connectivity index (χ3n) is 7.41. The first-order chi connectivity index (χ1) is 17.2. The van der Waals surface area contributed by atoms with Gasteiger partial charge in [-0.05, 0) is 56.1 Å². The van der Waals surface area contributed by atoms with E-state index in [9.17, 15) is 0 Å². The van der Waals surface area contributed by atoms with E-state index < -0.39 is 0 Å². The number of aromatic amines is 1. The smallest absolute Gasteiger partial charge is 0.165 e. The topological polar surface area (TPSA) is 57.3 Å². The molecule has 35 heavy (non-hydrogen) atoms. The summed E-state index contributed by atoms with van der Waals surface area (Å²) in [6, 6.07) is 7.36. The fourth-order valence-electron chi connectivity index (χ4n) is 5.54. The van der Waals surface area contributed by atoms with Gasteiger partial charge in [-0.25, -0.2) is 14.4 Å². The number of nitrogens with zero attached hydrogens (tertiary/aromatic N) is 4. The molecule has 0 aliphatic carbocycles. The van der Waals surface area contributed by atoms with Gasteiger partial charge in [0.05, 0.1) is 29.0 Å². The zero-order valence-electron chi connectivity index (χ0n) is 20.2. The molecule has 2 saturated heterocycles. The highest BCUT2D eigenvalue weighted by Gasteiger charge is 2.24. The van der Waals surface area contributed by atoms with Crippen molar-refractivity contribution in [1.82, 2.24) is 19.9 Å². The molecule has 0 bridgehead atoms. The van der Waals surface area contributed by atoms with Crippen LogP contribution in [0.5, 0.6) is 0 Å². The van der Waals surface area contributed by atoms with Crippen LogP contribution < -0.4 is 4.90 Å². The fraction of sp³-hybridized carbons (Fsp3) is 0.481. The summed E-state index contributed by atoms with van der Waals surface area (Å²) >= 11 is 1.79. The number of anilines is 1. The molecule has 0 saturated carbocycles. The number of morpholine rings is 1. The first kappa shape index (κ1) is 22.9. The van der Waals surface area contributed by atoms with E-state index in [0.29, 0.717) is 24.6 Å². The van der Waals surface area contributed by atoms with Gasteiger partial charge in [0.2, 0.25) is 0 Å². The van der Waals surface area contributed by atoms with Crippen LogP contribution in [0.3, 0.4) is 0 Å². The molecule has 0 amide bonds. The molecule has 4 aromatic rings. The Morgan fingerprint density at radius 2 is 1.94 bits per heavy atom. The van der Waals surface area contributed by atoms with Gasteiger partial charge in [0.1, 0.15) is 5.82 Å². The van der Waals surface area contributed by atoms with Gasteiger partial charge in [0.15, 0.2) is 11.6 Å². The molecule has 2 aliphatic rings. The van der Waals surface area contributed by atoms with Crippen LogP contribution in [0.25, 0.3) is 32.5 Å². The highest BCUT2D eigenvalue weighted by Crippen LogP contribution is 2.37. The van der Waals surface area contributed by atoms with Gasteiger partial charge in [0, 0.05) is 41.6 Å². The number of halogens is 1. The van der Waals surface area contributed by atoms with Gasteiger partial charge in [-0.2, -0.15) is 0 Å². The Bertz CT molecular complexity index is 1320. The van der Waals surface area contributed by atoms with Crippen LogP contribution in [0, 0.1) is 11.7 Å². The number of H-pyrrole nitrogens is 1. The minimum atomic E-state index is -0.296. The number of piperidine rings is 1. The number of hydrogen-bond donors (Lipinski definition) is 1. The Hall–Kier alpha value is -2.55. The molecule has 1 N–H and O–H groups in total. The van der Waals surface area contributed by atoms with Gasteiger partial charge < -0.3 is 14.6 Å². The predicted octanol–water partition coefficient (Wildman–Crippen LogP) is 5.83. The lowest BCUT2D eigenvalue weighted by Crippen LogP contribution is -2.36. The summed E-state index contributed by atoms with van der Waals surface area (Å²) in [5.41, 5.74) is 2.26. The summed E-state index contributed by atoms with van der Waals surface area (Å²) < 4.78 is 21.8. The molecular formula is C27H32FN5OS. The molecule has 5 heterocycles. The SMILES string of the molecule is CCCC1CCN(Cc2cc3nc(-c4c(F)ccc5[nH]ccc45)nc(N4CCOCC4)c3s2)CC1. The molecule has 2 aliphatic heterocycles. The molecule has 0 atom stereocenters. The first-order valence-electron chi connectivity index (χ1n) is 12.8. The zero-order chi connectivity index (χ0) is 23.8. The minimum absolute atomic E-state index is 0.296. The quantitative estimate of drug-likeness (QED) is 0.366. The molecule has 184 valence electrons. The Morgan fingerprint density at radius 3 is 2.74 bits per heavy atom. The van der Waals surface area contributed by atoms with Crippen LogP contribution in [-0.2, 0) is 11.3 Å². The molecule has 0 spiro atoms. The second kappa shape index (κ2) is 9.84. The van der Waals surface area contributed by atoms with Crippen LogP contribution in [0.4, 0.5) is 10.2 Å². The summed E-state index contributed by atoms with van der Waals surface area (Å²) in [6.45, 7) is 8.45. The lowest BCUT2D eigenvalue weighted by Gasteiger charge is -2.31. The van der Waals surface area contributed by atoms with E-state index >= 15 is 4.39 Å². The summed E-state index contributed by atoms with van der Waals surface area (Å²) in [4.78, 5) is 19.2. The standard InChI is InChI=1S/C27H32FN5OS/c1-2-3-18-7-10-32(11-8-18)17-19-16-23-25(35-19)27(33-12-14-34-15-13-33)31-26(30-23)24-20-6-9-29-22(20)5-4-21(24)28/h4-6,9,16,18,29H,2-3,7-8,10-15,17H2,1H3. The summed E-state index contributed by atoms with van der Waals surface area (Å²) in [5.74, 6) is 1.94. The Kier molecular flexibility index (Phi) is 6.43. The first-order valence-corrected chi connectivity index (χ1v) is 13.6. The number of ether oxygens (including phenoxy) is 1. The van der Waals surface area contributed by atoms with Crippen LogP contribution in [0.2, 0.25) is 0 Å². The number of thiophene rings is 1. The van der Waals surface area contributed by atoms with Gasteiger partial charge in [0.25, 0.3) is 0 Å². The lowest BCUT2D eigenvalue weighted by atomic mass is 9.92. The van der Waals surface area contributed by atoms with E-state index in [4.69, 9.17) is 14.7 Å². The van der Waals surface area contributed by atoms with Crippen LogP contribution in [0.1, 0.15) is 37.5 Å². The van der Waals surface area contributed by atoms with E-state index in [1.807, 2.05) is 12.3 Å². The van der Waals surface area contributed by atoms with E-state index in [1.54, 1.807) is 17.4 Å². The van der Waals surface area contributed by atoms with Crippen molar-refractivity contribution in [3.05, 3.63) is 41.2 Å². The molecule has 3 aromatic heterocycles. The van der Waals surface area contributed by atoms with Gasteiger partial charge in [-0.15, -0.1) is 11.3 Å². The maximum Gasteiger partial charge on any atom is 0.165 e. The number of aromatic nitrogens is 3. The van der Waals surface area contributed by atoms with Gasteiger partial charge in [-0.3, -0.25) is 4.90 Å². The Balaban J connectivity index is 1.38. The Labute approximate surface area is 209 Å². The normalized spacial score (nSPS) is 18.2. The van der Waals surface area contributed by atoms with Crippen molar-refractivity contribution < 1.29 is 9.13 Å². The summed E-state index contributed by atoms with van der Waals surface area (Å²) in [7, 11) is 0. The largest absolute Gasteiger partial charge is 0.378 e. The fourth-order valence-corrected chi connectivity index (χ4v) is 6.69. The molecule has 6 nitrogen and oxygen atoms in total. The molecule has 6 rings (SSSR count). The molecule has 0 unspecified atom stereocenters. The van der Waals surface area contributed by atoms with Crippen molar-refractivity contribution in [2.24, 2.45) is 5.92 Å². The zero-order valence-corrected chi connectivity index (χ0v) is 21.0. The molecular weight excluding hydrogens is 461 g/mol. The average molecular weight is 494 g/mol. The van der Waals surface area contributed by atoms with Crippen molar-refractivity contribution in [3.8, 4) is 11.4 Å². The number of rotatable bonds is 6. The van der Waals surface area contributed by atoms with E-state index in [-0.39, 0.29) is 5.82 Å². The van der Waals surface area contributed by atoms with Gasteiger partial charge >= 0.3 is 0 Å². The second-order valence-corrected chi connectivity index (χ2v) is 10.9. The van der Waals surface area contributed by atoms with Crippen LogP contribution >= 0.6 is 11.3 Å². The Morgan fingerprint density at radius 1 is 1.11 bits per heavy atom. The molecule has 2 fully saturated rings. The van der Waals surface area contributed by atoms with E-state index in [2.05, 4.69) is 27.8 Å². The van der Waals surface area contributed by atoms with Crippen molar-refractivity contribution in [1.29, 1.82) is 0 Å². The predicted molar refractivity (Wildman–Crippen MR) is 141 cm³/mol. The highest BCUT2D eigenvalue weighted by molar-refractivity contribution is 7.19. The minimum Gasteiger partial charge on any atom is -0.378 e. The molecule has 8 heteroatoms. The van der Waals surface area contributed by atoms with Crippen LogP contribution in [-0.4, -0.2) is 59.2 Å². The number of hydrogen-bond acceptors (Lipinski definition) is 6. The maximum absolute atomic E-state index is 15.1.